The van der Waals surface area contributed by atoms with E-state index in [1.165, 1.54) is 29.7 Å². The molecule has 1 N–H and O–H groups in total. The van der Waals surface area contributed by atoms with Crippen molar-refractivity contribution in [2.45, 2.75) is 32.5 Å². The first-order valence-electron chi connectivity index (χ1n) is 7.26. The molecule has 2 heterocycles. The molecule has 1 aromatic heterocycles. The highest BCUT2D eigenvalue weighted by atomic mass is 32.1. The van der Waals surface area contributed by atoms with E-state index in [2.05, 4.69) is 22.1 Å². The maximum absolute atomic E-state index is 12.9. The normalized spacial score (nSPS) is 19.0. The van der Waals surface area contributed by atoms with Crippen LogP contribution >= 0.6 is 11.3 Å². The number of aryl methyl sites for hydroxylation is 1. The van der Waals surface area contributed by atoms with Crippen molar-refractivity contribution in [2.75, 3.05) is 24.5 Å². The van der Waals surface area contributed by atoms with Crippen molar-refractivity contribution in [1.82, 2.24) is 10.3 Å². The molecule has 1 aliphatic heterocycles. The molecule has 1 saturated heterocycles. The van der Waals surface area contributed by atoms with Crippen LogP contribution < -0.4 is 10.2 Å². The number of anilines is 1. The van der Waals surface area contributed by atoms with Gasteiger partial charge in [-0.25, -0.2) is 4.98 Å². The van der Waals surface area contributed by atoms with E-state index in [1.807, 2.05) is 0 Å². The summed E-state index contributed by atoms with van der Waals surface area (Å²) in [6.45, 7) is 6.29. The fraction of sp³-hybridized carbons (Fsp3) is 0.533. The molecule has 0 aliphatic carbocycles. The average Bonchev–Trinajstić information content (AvgIpc) is 2.57. The number of nitrogens with zero attached hydrogens (tertiary/aromatic N) is 2. The van der Waals surface area contributed by atoms with E-state index >= 15 is 0 Å². The zero-order chi connectivity index (χ0) is 16.2. The highest BCUT2D eigenvalue weighted by Gasteiger charge is 2.29. The summed E-state index contributed by atoms with van der Waals surface area (Å²) in [5.74, 6) is 0. The van der Waals surface area contributed by atoms with Gasteiger partial charge >= 0.3 is 6.18 Å². The first kappa shape index (κ1) is 17.0. The summed E-state index contributed by atoms with van der Waals surface area (Å²) in [6.07, 6.45) is -1.90. The predicted octanol–water partition coefficient (Wildman–Crippen LogP) is 3.78. The van der Waals surface area contributed by atoms with Gasteiger partial charge in [-0.2, -0.15) is 13.2 Å². The maximum Gasteiger partial charge on any atom is 0.416 e. The molecule has 0 spiro atoms. The van der Waals surface area contributed by atoms with Gasteiger partial charge in [0.1, 0.15) is 0 Å². The minimum Gasteiger partial charge on any atom is -0.345 e. The molecule has 2 rings (SSSR count). The van der Waals surface area contributed by atoms with Crippen molar-refractivity contribution in [2.24, 2.45) is 0 Å². The van der Waals surface area contributed by atoms with Gasteiger partial charge in [-0.05, 0) is 31.5 Å². The van der Waals surface area contributed by atoms with Crippen LogP contribution in [0.4, 0.5) is 18.3 Å². The second kappa shape index (κ2) is 7.28. The van der Waals surface area contributed by atoms with Crippen LogP contribution in [-0.2, 0) is 6.18 Å². The van der Waals surface area contributed by atoms with Gasteiger partial charge in [0.2, 0.25) is 0 Å². The van der Waals surface area contributed by atoms with Gasteiger partial charge in [-0.3, -0.25) is 0 Å². The van der Waals surface area contributed by atoms with Crippen LogP contribution in [0.5, 0.6) is 0 Å². The lowest BCUT2D eigenvalue weighted by Crippen LogP contribution is -2.50. The lowest BCUT2D eigenvalue weighted by Gasteiger charge is -2.33. The Balaban J connectivity index is 2.37. The quantitative estimate of drug-likeness (QED) is 0.894. The predicted molar refractivity (Wildman–Crippen MR) is 83.8 cm³/mol. The highest BCUT2D eigenvalue weighted by molar-refractivity contribution is 7.15. The summed E-state index contributed by atoms with van der Waals surface area (Å²) in [7, 11) is 0. The lowest BCUT2D eigenvalue weighted by molar-refractivity contribution is -0.137. The Morgan fingerprint density at radius 3 is 2.91 bits per heavy atom. The van der Waals surface area contributed by atoms with Crippen LogP contribution in [0.15, 0.2) is 24.4 Å². The first-order valence-corrected chi connectivity index (χ1v) is 8.08. The Labute approximate surface area is 132 Å². The van der Waals surface area contributed by atoms with Gasteiger partial charge in [-0.1, -0.05) is 6.92 Å². The van der Waals surface area contributed by atoms with Crippen LogP contribution in [0.3, 0.4) is 0 Å². The van der Waals surface area contributed by atoms with E-state index in [4.69, 9.17) is 0 Å². The maximum atomic E-state index is 12.9. The summed E-state index contributed by atoms with van der Waals surface area (Å²) >= 11 is 1.29. The van der Waals surface area contributed by atoms with E-state index in [-0.39, 0.29) is 0 Å². The summed E-state index contributed by atoms with van der Waals surface area (Å²) < 4.78 is 38.7. The van der Waals surface area contributed by atoms with Gasteiger partial charge in [0, 0.05) is 36.8 Å². The summed E-state index contributed by atoms with van der Waals surface area (Å²) in [6, 6.07) is 3.97. The monoisotopic (exact) mass is 331 g/mol. The van der Waals surface area contributed by atoms with Crippen LogP contribution in [0.1, 0.15) is 23.8 Å². The summed E-state index contributed by atoms with van der Waals surface area (Å²) in [5.41, 5.74) is -0.656. The van der Waals surface area contributed by atoms with Crippen molar-refractivity contribution < 1.29 is 13.2 Å². The van der Waals surface area contributed by atoms with E-state index in [1.54, 1.807) is 6.92 Å². The minimum absolute atomic E-state index is 0.391. The van der Waals surface area contributed by atoms with Crippen molar-refractivity contribution in [1.29, 1.82) is 0 Å². The molecule has 0 bridgehead atoms. The first-order chi connectivity index (χ1) is 10.4. The summed E-state index contributed by atoms with van der Waals surface area (Å²) in [4.78, 5) is 7.06. The number of hydrogen-bond donors (Lipinski definition) is 1. The van der Waals surface area contributed by atoms with Crippen LogP contribution in [0.25, 0.3) is 0 Å². The molecule has 1 aromatic rings. The Bertz CT molecular complexity index is 555. The number of halogens is 3. The van der Waals surface area contributed by atoms with Gasteiger partial charge in [-0.15, -0.1) is 11.3 Å². The fourth-order valence-electron chi connectivity index (χ4n) is 2.32. The van der Waals surface area contributed by atoms with Crippen molar-refractivity contribution in [3.05, 3.63) is 34.8 Å². The van der Waals surface area contributed by atoms with E-state index in [9.17, 15) is 13.2 Å². The molecule has 0 amide bonds. The van der Waals surface area contributed by atoms with Gasteiger partial charge in [0.25, 0.3) is 0 Å². The SMILES string of the molecule is CC[C@@H]1CN(c2ncccc(C(F)(F)F)cc(C)s2)CCN1. The molecule has 1 atom stereocenters. The average molecular weight is 331 g/mol. The second-order valence-electron chi connectivity index (χ2n) is 5.24. The van der Waals surface area contributed by atoms with Crippen molar-refractivity contribution >= 4 is 16.5 Å². The zero-order valence-corrected chi connectivity index (χ0v) is 13.5. The van der Waals surface area contributed by atoms with Crippen molar-refractivity contribution in [3.8, 4) is 0 Å². The Morgan fingerprint density at radius 1 is 1.45 bits per heavy atom. The third-order valence-electron chi connectivity index (χ3n) is 3.50. The lowest BCUT2D eigenvalue weighted by atomic mass is 10.2. The molecule has 22 heavy (non-hydrogen) atoms. The molecule has 0 radical (unpaired) electrons. The molecule has 7 heteroatoms. The van der Waals surface area contributed by atoms with E-state index in [0.29, 0.717) is 10.9 Å². The van der Waals surface area contributed by atoms with Gasteiger partial charge in [0.05, 0.1) is 5.56 Å². The van der Waals surface area contributed by atoms with Crippen molar-refractivity contribution in [3.63, 3.8) is 0 Å². The Kier molecular flexibility index (Phi) is 5.63. The standard InChI is InChI=1S/C15H20F3N3S/c1-3-13-10-21(8-7-19-13)14-20-6-4-5-12(15(16,17)18)9-11(2)22-14/h4-6,9,13,19H,3,7-8,10H2,1-2H3/t13-/m1/s1. The number of aromatic nitrogens is 1. The van der Waals surface area contributed by atoms with E-state index in [0.717, 1.165) is 37.3 Å². The third-order valence-corrected chi connectivity index (χ3v) is 4.49. The Hall–Kier alpha value is -1.34. The zero-order valence-electron chi connectivity index (χ0n) is 12.7. The number of rotatable bonds is 2. The molecule has 1 fully saturated rings. The molecule has 3 nitrogen and oxygen atoms in total. The van der Waals surface area contributed by atoms with Crippen LogP contribution in [0.2, 0.25) is 0 Å². The van der Waals surface area contributed by atoms with Gasteiger partial charge < -0.3 is 10.2 Å². The highest BCUT2D eigenvalue weighted by Crippen LogP contribution is 2.30. The number of piperazine rings is 1. The molecule has 0 unspecified atom stereocenters. The van der Waals surface area contributed by atoms with Crippen LogP contribution in [0, 0.1) is 6.92 Å². The summed E-state index contributed by atoms with van der Waals surface area (Å²) in [5, 5.41) is 4.17. The van der Waals surface area contributed by atoms with E-state index < -0.39 is 11.7 Å². The minimum atomic E-state index is -4.35. The molecule has 122 valence electrons. The second-order valence-corrected chi connectivity index (χ2v) is 6.45. The third kappa shape index (κ3) is 4.58. The molecule has 0 aromatic carbocycles. The number of hydrogen-bond acceptors (Lipinski definition) is 4. The van der Waals surface area contributed by atoms with Gasteiger partial charge in [0.15, 0.2) is 5.13 Å². The molecular weight excluding hydrogens is 311 g/mol. The number of alkyl halides is 3. The number of nitrogens with one attached hydrogen (secondary N) is 1. The van der Waals surface area contributed by atoms with Crippen LogP contribution in [-0.4, -0.2) is 30.7 Å². The Morgan fingerprint density at radius 2 is 2.23 bits per heavy atom. The topological polar surface area (TPSA) is 28.2 Å². The fourth-order valence-corrected chi connectivity index (χ4v) is 3.20. The largest absolute Gasteiger partial charge is 0.416 e. The molecular formula is C15H20F3N3S. The smallest absolute Gasteiger partial charge is 0.345 e. The molecule has 1 aliphatic rings. The molecule has 0 saturated carbocycles.